The Morgan fingerprint density at radius 1 is 0.737 bits per heavy atom. The highest BCUT2D eigenvalue weighted by Crippen LogP contribution is 2.41. The van der Waals surface area contributed by atoms with Crippen LogP contribution in [0.15, 0.2) is 0 Å². The summed E-state index contributed by atoms with van der Waals surface area (Å²) in [5.74, 6) is 0.998. The van der Waals surface area contributed by atoms with Gasteiger partial charge in [-0.15, -0.1) is 0 Å². The molecule has 0 N–H and O–H groups in total. The lowest BCUT2D eigenvalue weighted by Crippen LogP contribution is -2.13. The predicted molar refractivity (Wildman–Crippen MR) is 82.5 cm³/mol. The van der Waals surface area contributed by atoms with Crippen LogP contribution >= 0.6 is 0 Å². The fourth-order valence-corrected chi connectivity index (χ4v) is 3.67. The van der Waals surface area contributed by atoms with Crippen molar-refractivity contribution in [3.63, 3.8) is 0 Å². The molecule has 3 unspecified atom stereocenters. The van der Waals surface area contributed by atoms with Gasteiger partial charge in [-0.05, 0) is 25.2 Å². The summed E-state index contributed by atoms with van der Waals surface area (Å²) in [4.78, 5) is 0. The Bertz CT molecular complexity index is 226. The standard InChI is InChI=1S/C18H34O/c1-2-3-4-5-6-7-8-9-10-11-12-16-13-14-17-18(15-16)19-17/h16-18H,2-15H2,1H3. The van der Waals surface area contributed by atoms with Crippen molar-refractivity contribution in [2.75, 3.05) is 0 Å². The van der Waals surface area contributed by atoms with E-state index >= 15 is 0 Å². The van der Waals surface area contributed by atoms with Crippen molar-refractivity contribution in [2.24, 2.45) is 5.92 Å². The normalized spacial score (nSPS) is 29.2. The molecule has 112 valence electrons. The van der Waals surface area contributed by atoms with Crippen molar-refractivity contribution in [2.45, 2.75) is 109 Å². The van der Waals surface area contributed by atoms with Crippen molar-refractivity contribution < 1.29 is 4.74 Å². The zero-order valence-electron chi connectivity index (χ0n) is 13.0. The van der Waals surface area contributed by atoms with Crippen LogP contribution in [0.5, 0.6) is 0 Å². The summed E-state index contributed by atoms with van der Waals surface area (Å²) in [5, 5.41) is 0. The molecule has 0 bridgehead atoms. The van der Waals surface area contributed by atoms with Gasteiger partial charge in [0, 0.05) is 0 Å². The first kappa shape index (κ1) is 15.4. The Morgan fingerprint density at radius 3 is 2.00 bits per heavy atom. The molecule has 0 aromatic rings. The molecule has 1 heteroatoms. The molecule has 1 saturated heterocycles. The molecule has 19 heavy (non-hydrogen) atoms. The molecule has 2 aliphatic rings. The van der Waals surface area contributed by atoms with Crippen LogP contribution in [0.3, 0.4) is 0 Å². The minimum Gasteiger partial charge on any atom is -0.370 e. The molecule has 0 spiro atoms. The largest absolute Gasteiger partial charge is 0.370 e. The zero-order chi connectivity index (χ0) is 13.3. The summed E-state index contributed by atoms with van der Waals surface area (Å²) in [7, 11) is 0. The first-order valence-electron chi connectivity index (χ1n) is 9.05. The quantitative estimate of drug-likeness (QED) is 0.337. The number of rotatable bonds is 11. The van der Waals surface area contributed by atoms with Gasteiger partial charge in [-0.25, -0.2) is 0 Å². The van der Waals surface area contributed by atoms with Crippen LogP contribution in [0.25, 0.3) is 0 Å². The van der Waals surface area contributed by atoms with E-state index in [0.717, 1.165) is 5.92 Å². The van der Waals surface area contributed by atoms with Gasteiger partial charge in [-0.1, -0.05) is 77.6 Å². The van der Waals surface area contributed by atoms with E-state index in [1.807, 2.05) is 0 Å². The predicted octanol–water partition coefficient (Wildman–Crippen LogP) is 5.86. The Hall–Kier alpha value is -0.0400. The van der Waals surface area contributed by atoms with Crippen molar-refractivity contribution >= 4 is 0 Å². The lowest BCUT2D eigenvalue weighted by Gasteiger charge is -2.18. The highest BCUT2D eigenvalue weighted by Gasteiger charge is 2.43. The second-order valence-corrected chi connectivity index (χ2v) is 6.86. The molecule has 1 aliphatic carbocycles. The van der Waals surface area contributed by atoms with Crippen molar-refractivity contribution in [1.82, 2.24) is 0 Å². The first-order chi connectivity index (χ1) is 9.40. The summed E-state index contributed by atoms with van der Waals surface area (Å²) in [5.41, 5.74) is 0. The Labute approximate surface area is 120 Å². The van der Waals surface area contributed by atoms with Crippen LogP contribution in [-0.4, -0.2) is 12.2 Å². The number of unbranched alkanes of at least 4 members (excludes halogenated alkanes) is 9. The third-order valence-electron chi connectivity index (χ3n) is 5.08. The van der Waals surface area contributed by atoms with E-state index in [2.05, 4.69) is 6.92 Å². The SMILES string of the molecule is CCCCCCCCCCCCC1CCC2OC2C1. The lowest BCUT2D eigenvalue weighted by atomic mass is 9.85. The van der Waals surface area contributed by atoms with Crippen molar-refractivity contribution in [3.05, 3.63) is 0 Å². The Balaban J connectivity index is 1.31. The molecular weight excluding hydrogens is 232 g/mol. The second-order valence-electron chi connectivity index (χ2n) is 6.86. The smallest absolute Gasteiger partial charge is 0.0844 e. The molecule has 1 saturated carbocycles. The minimum absolute atomic E-state index is 0.682. The molecular formula is C18H34O. The number of epoxide rings is 1. The van der Waals surface area contributed by atoms with Gasteiger partial charge in [0.15, 0.2) is 0 Å². The van der Waals surface area contributed by atoms with Crippen LogP contribution in [0.2, 0.25) is 0 Å². The highest BCUT2D eigenvalue weighted by molar-refractivity contribution is 4.91. The molecule has 0 radical (unpaired) electrons. The van der Waals surface area contributed by atoms with E-state index in [-0.39, 0.29) is 0 Å². The second kappa shape index (κ2) is 9.00. The van der Waals surface area contributed by atoms with Gasteiger partial charge < -0.3 is 4.74 Å². The van der Waals surface area contributed by atoms with Gasteiger partial charge in [0.2, 0.25) is 0 Å². The van der Waals surface area contributed by atoms with E-state index in [1.54, 1.807) is 0 Å². The summed E-state index contributed by atoms with van der Waals surface area (Å²) in [6.07, 6.45) is 21.6. The summed E-state index contributed by atoms with van der Waals surface area (Å²) in [6, 6.07) is 0. The van der Waals surface area contributed by atoms with Crippen LogP contribution in [0.1, 0.15) is 96.8 Å². The maximum atomic E-state index is 5.61. The molecule has 1 aliphatic heterocycles. The minimum atomic E-state index is 0.682. The maximum absolute atomic E-state index is 5.61. The van der Waals surface area contributed by atoms with E-state index < -0.39 is 0 Å². The molecule has 1 nitrogen and oxygen atoms in total. The van der Waals surface area contributed by atoms with Gasteiger partial charge >= 0.3 is 0 Å². The van der Waals surface area contributed by atoms with Gasteiger partial charge in [0.1, 0.15) is 0 Å². The van der Waals surface area contributed by atoms with Crippen molar-refractivity contribution in [3.8, 4) is 0 Å². The van der Waals surface area contributed by atoms with Gasteiger partial charge in [-0.3, -0.25) is 0 Å². The first-order valence-corrected chi connectivity index (χ1v) is 9.05. The number of ether oxygens (including phenoxy) is 1. The van der Waals surface area contributed by atoms with Crippen LogP contribution in [0.4, 0.5) is 0 Å². The summed E-state index contributed by atoms with van der Waals surface area (Å²) >= 11 is 0. The summed E-state index contributed by atoms with van der Waals surface area (Å²) < 4.78 is 5.61. The Morgan fingerprint density at radius 2 is 1.37 bits per heavy atom. The molecule has 1 heterocycles. The van der Waals surface area contributed by atoms with Gasteiger partial charge in [0.05, 0.1) is 12.2 Å². The molecule has 0 amide bonds. The van der Waals surface area contributed by atoms with Crippen LogP contribution in [0, 0.1) is 5.92 Å². The third-order valence-corrected chi connectivity index (χ3v) is 5.08. The average molecular weight is 266 g/mol. The topological polar surface area (TPSA) is 12.5 Å². The summed E-state index contributed by atoms with van der Waals surface area (Å²) in [6.45, 7) is 2.29. The number of hydrogen-bond donors (Lipinski definition) is 0. The fraction of sp³-hybridized carbons (Fsp3) is 1.00. The maximum Gasteiger partial charge on any atom is 0.0844 e. The molecule has 3 atom stereocenters. The van der Waals surface area contributed by atoms with E-state index in [4.69, 9.17) is 4.74 Å². The third kappa shape index (κ3) is 6.29. The molecule has 2 fully saturated rings. The monoisotopic (exact) mass is 266 g/mol. The highest BCUT2D eigenvalue weighted by atomic mass is 16.6. The zero-order valence-corrected chi connectivity index (χ0v) is 13.0. The average Bonchev–Trinajstić information content (AvgIpc) is 3.19. The Kier molecular flexibility index (Phi) is 7.27. The lowest BCUT2D eigenvalue weighted by molar-refractivity contribution is 0.343. The van der Waals surface area contributed by atoms with E-state index in [1.165, 1.54) is 89.9 Å². The fourth-order valence-electron chi connectivity index (χ4n) is 3.67. The van der Waals surface area contributed by atoms with E-state index in [9.17, 15) is 0 Å². The molecule has 0 aromatic carbocycles. The van der Waals surface area contributed by atoms with E-state index in [0.29, 0.717) is 12.2 Å². The number of hydrogen-bond acceptors (Lipinski definition) is 1. The van der Waals surface area contributed by atoms with Crippen LogP contribution in [-0.2, 0) is 4.74 Å². The number of fused-ring (bicyclic) bond motifs is 1. The molecule has 0 aromatic heterocycles. The van der Waals surface area contributed by atoms with Crippen LogP contribution < -0.4 is 0 Å². The van der Waals surface area contributed by atoms with Gasteiger partial charge in [-0.2, -0.15) is 0 Å². The molecule has 2 rings (SSSR count). The van der Waals surface area contributed by atoms with Gasteiger partial charge in [0.25, 0.3) is 0 Å². The van der Waals surface area contributed by atoms with Crippen molar-refractivity contribution in [1.29, 1.82) is 0 Å².